The molecule has 0 aliphatic heterocycles. The van der Waals surface area contributed by atoms with Crippen molar-refractivity contribution in [3.05, 3.63) is 47.6 Å². The number of benzene rings is 1. The molecule has 0 unspecified atom stereocenters. The summed E-state index contributed by atoms with van der Waals surface area (Å²) in [5.41, 5.74) is 0. The second kappa shape index (κ2) is 6.84. The van der Waals surface area contributed by atoms with Gasteiger partial charge in [-0.05, 0) is 42.6 Å². The summed E-state index contributed by atoms with van der Waals surface area (Å²) in [5.74, 6) is 0.311. The summed E-state index contributed by atoms with van der Waals surface area (Å²) in [5, 5.41) is 5.02. The molecule has 0 aliphatic carbocycles. The maximum atomic E-state index is 12.8. The molecule has 118 valence electrons. The molecule has 2 heterocycles. The number of carbonyl (C=O) groups is 1. The number of nitrogens with zero attached hydrogens (tertiary/aromatic N) is 2. The number of ether oxygens (including phenoxy) is 1. The van der Waals surface area contributed by atoms with E-state index in [-0.39, 0.29) is 11.7 Å². The number of nitrogens with one attached hydrogen (secondary N) is 1. The van der Waals surface area contributed by atoms with Crippen LogP contribution in [0.15, 0.2) is 41.8 Å². The summed E-state index contributed by atoms with van der Waals surface area (Å²) in [6, 6.07) is 9.32. The molecule has 0 spiro atoms. The fourth-order valence-electron chi connectivity index (χ4n) is 1.76. The number of hydrogen-bond acceptors (Lipinski definition) is 6. The van der Waals surface area contributed by atoms with Gasteiger partial charge in [0.15, 0.2) is 11.9 Å². The molecule has 0 aliphatic rings. The third-order valence-electron chi connectivity index (χ3n) is 2.89. The van der Waals surface area contributed by atoms with E-state index in [4.69, 9.17) is 4.74 Å². The summed E-state index contributed by atoms with van der Waals surface area (Å²) in [4.78, 5) is 17.3. The van der Waals surface area contributed by atoms with E-state index < -0.39 is 6.10 Å². The first-order valence-electron chi connectivity index (χ1n) is 6.72. The maximum absolute atomic E-state index is 12.8. The Labute approximate surface area is 139 Å². The standard InChI is InChI=1S/C15H12FN3O2S2/c1-9(21-11-6-4-10(16)5-7-11)14(20)18-15-17-13(19-23-15)12-3-2-8-22-12/h2-9H,1H3,(H,17,18,19,20)/t9-/m0/s1. The Morgan fingerprint density at radius 3 is 2.78 bits per heavy atom. The summed E-state index contributed by atoms with van der Waals surface area (Å²) in [6.07, 6.45) is -0.741. The number of aromatic nitrogens is 2. The van der Waals surface area contributed by atoms with Crippen LogP contribution >= 0.6 is 22.9 Å². The van der Waals surface area contributed by atoms with E-state index in [0.29, 0.717) is 16.7 Å². The second-order valence-electron chi connectivity index (χ2n) is 4.60. The molecule has 0 saturated heterocycles. The van der Waals surface area contributed by atoms with Crippen LogP contribution in [-0.2, 0) is 4.79 Å². The highest BCUT2D eigenvalue weighted by molar-refractivity contribution is 7.14. The highest BCUT2D eigenvalue weighted by Crippen LogP contribution is 2.25. The Morgan fingerprint density at radius 1 is 1.30 bits per heavy atom. The molecule has 5 nitrogen and oxygen atoms in total. The Morgan fingerprint density at radius 2 is 2.09 bits per heavy atom. The van der Waals surface area contributed by atoms with Gasteiger partial charge >= 0.3 is 0 Å². The molecule has 0 radical (unpaired) electrons. The van der Waals surface area contributed by atoms with E-state index in [2.05, 4.69) is 14.7 Å². The minimum absolute atomic E-state index is 0.344. The third-order valence-corrected chi connectivity index (χ3v) is 4.39. The van der Waals surface area contributed by atoms with Gasteiger partial charge in [-0.3, -0.25) is 10.1 Å². The largest absolute Gasteiger partial charge is 0.481 e. The SMILES string of the molecule is C[C@H](Oc1ccc(F)cc1)C(=O)Nc1nc(-c2cccs2)ns1. The molecule has 0 fully saturated rings. The van der Waals surface area contributed by atoms with Crippen molar-refractivity contribution in [1.29, 1.82) is 0 Å². The quantitative estimate of drug-likeness (QED) is 0.761. The van der Waals surface area contributed by atoms with Crippen molar-refractivity contribution < 1.29 is 13.9 Å². The minimum atomic E-state index is -0.741. The highest BCUT2D eigenvalue weighted by atomic mass is 32.1. The normalized spacial score (nSPS) is 11.9. The number of anilines is 1. The van der Waals surface area contributed by atoms with Crippen LogP contribution in [0.1, 0.15) is 6.92 Å². The number of hydrogen-bond donors (Lipinski definition) is 1. The number of rotatable bonds is 5. The fraction of sp³-hybridized carbons (Fsp3) is 0.133. The summed E-state index contributed by atoms with van der Waals surface area (Å²) in [6.45, 7) is 1.61. The van der Waals surface area contributed by atoms with Gasteiger partial charge in [0.05, 0.1) is 4.88 Å². The van der Waals surface area contributed by atoms with E-state index in [9.17, 15) is 9.18 Å². The fourth-order valence-corrected chi connectivity index (χ4v) is 3.06. The molecular formula is C15H12FN3O2S2. The predicted molar refractivity (Wildman–Crippen MR) is 88.3 cm³/mol. The van der Waals surface area contributed by atoms with Crippen LogP contribution in [0.25, 0.3) is 10.7 Å². The molecule has 1 aromatic carbocycles. The van der Waals surface area contributed by atoms with Crippen LogP contribution < -0.4 is 10.1 Å². The summed E-state index contributed by atoms with van der Waals surface area (Å²) in [7, 11) is 0. The number of thiophene rings is 1. The lowest BCUT2D eigenvalue weighted by Gasteiger charge is -2.13. The Kier molecular flexibility index (Phi) is 4.63. The van der Waals surface area contributed by atoms with Crippen molar-refractivity contribution >= 4 is 33.9 Å². The third kappa shape index (κ3) is 3.91. The van der Waals surface area contributed by atoms with Gasteiger partial charge in [0.2, 0.25) is 5.13 Å². The summed E-state index contributed by atoms with van der Waals surface area (Å²) >= 11 is 2.64. The van der Waals surface area contributed by atoms with Crippen molar-refractivity contribution in [2.75, 3.05) is 5.32 Å². The van der Waals surface area contributed by atoms with Crippen molar-refractivity contribution in [2.24, 2.45) is 0 Å². The Bertz CT molecular complexity index is 787. The molecule has 3 aromatic rings. The van der Waals surface area contributed by atoms with Crippen molar-refractivity contribution in [3.63, 3.8) is 0 Å². The number of halogens is 1. The second-order valence-corrected chi connectivity index (χ2v) is 6.30. The van der Waals surface area contributed by atoms with E-state index in [1.165, 1.54) is 35.6 Å². The molecule has 0 saturated carbocycles. The lowest BCUT2D eigenvalue weighted by Crippen LogP contribution is -2.30. The van der Waals surface area contributed by atoms with E-state index in [0.717, 1.165) is 16.4 Å². The first-order chi connectivity index (χ1) is 11.1. The first-order valence-corrected chi connectivity index (χ1v) is 8.38. The summed E-state index contributed by atoms with van der Waals surface area (Å²) < 4.78 is 22.5. The lowest BCUT2D eigenvalue weighted by atomic mass is 10.3. The van der Waals surface area contributed by atoms with Gasteiger partial charge in [-0.25, -0.2) is 4.39 Å². The van der Waals surface area contributed by atoms with Crippen LogP contribution in [0.5, 0.6) is 5.75 Å². The molecular weight excluding hydrogens is 337 g/mol. The van der Waals surface area contributed by atoms with Gasteiger partial charge in [0, 0.05) is 11.5 Å². The topological polar surface area (TPSA) is 64.1 Å². The van der Waals surface area contributed by atoms with Gasteiger partial charge in [-0.15, -0.1) is 11.3 Å². The maximum Gasteiger partial charge on any atom is 0.266 e. The van der Waals surface area contributed by atoms with Crippen molar-refractivity contribution in [2.45, 2.75) is 13.0 Å². The minimum Gasteiger partial charge on any atom is -0.481 e. The average Bonchev–Trinajstić information content (AvgIpc) is 3.20. The van der Waals surface area contributed by atoms with Crippen LogP contribution in [0.4, 0.5) is 9.52 Å². The number of carbonyl (C=O) groups excluding carboxylic acids is 1. The monoisotopic (exact) mass is 349 g/mol. The zero-order chi connectivity index (χ0) is 16.2. The smallest absolute Gasteiger partial charge is 0.266 e. The zero-order valence-corrected chi connectivity index (χ0v) is 13.7. The predicted octanol–water partition coefficient (Wildman–Crippen LogP) is 3.81. The molecule has 2 aromatic heterocycles. The van der Waals surface area contributed by atoms with Gasteiger partial charge in [-0.1, -0.05) is 6.07 Å². The van der Waals surface area contributed by atoms with E-state index in [1.807, 2.05) is 17.5 Å². The molecule has 0 bridgehead atoms. The van der Waals surface area contributed by atoms with Gasteiger partial charge in [0.25, 0.3) is 5.91 Å². The van der Waals surface area contributed by atoms with E-state index >= 15 is 0 Å². The molecule has 1 N–H and O–H groups in total. The van der Waals surface area contributed by atoms with Gasteiger partial charge < -0.3 is 4.74 Å². The molecule has 1 atom stereocenters. The number of amides is 1. The first kappa shape index (κ1) is 15.6. The molecule has 3 rings (SSSR count). The molecule has 23 heavy (non-hydrogen) atoms. The van der Waals surface area contributed by atoms with Gasteiger partial charge in [0.1, 0.15) is 11.6 Å². The average molecular weight is 349 g/mol. The van der Waals surface area contributed by atoms with Gasteiger partial charge in [-0.2, -0.15) is 9.36 Å². The Hall–Kier alpha value is -2.32. The molecule has 1 amide bonds. The molecule has 8 heteroatoms. The van der Waals surface area contributed by atoms with E-state index in [1.54, 1.807) is 6.92 Å². The highest BCUT2D eigenvalue weighted by Gasteiger charge is 2.17. The Balaban J connectivity index is 1.61. The van der Waals surface area contributed by atoms with Crippen molar-refractivity contribution in [3.8, 4) is 16.5 Å². The zero-order valence-electron chi connectivity index (χ0n) is 12.0. The van der Waals surface area contributed by atoms with Crippen LogP contribution in [0.3, 0.4) is 0 Å². The van der Waals surface area contributed by atoms with Crippen LogP contribution in [0, 0.1) is 5.82 Å². The van der Waals surface area contributed by atoms with Crippen molar-refractivity contribution in [1.82, 2.24) is 9.36 Å². The van der Waals surface area contributed by atoms with Crippen LogP contribution in [0.2, 0.25) is 0 Å². The lowest BCUT2D eigenvalue weighted by molar-refractivity contribution is -0.122. The van der Waals surface area contributed by atoms with Crippen LogP contribution in [-0.4, -0.2) is 21.4 Å².